The van der Waals surface area contributed by atoms with Gasteiger partial charge in [0.15, 0.2) is 0 Å². The van der Waals surface area contributed by atoms with Gasteiger partial charge in [0.1, 0.15) is 12.7 Å². The Morgan fingerprint density at radius 1 is 0.167 bits per heavy atom. The quantitative estimate of drug-likeness (QED) is 0.227. The van der Waals surface area contributed by atoms with Gasteiger partial charge in [0.25, 0.3) is 0 Å². The van der Waals surface area contributed by atoms with Gasteiger partial charge in [0.05, 0.1) is 0 Å². The van der Waals surface area contributed by atoms with E-state index in [0.29, 0.717) is 0 Å². The third kappa shape index (κ3) is 28.4. The van der Waals surface area contributed by atoms with Crippen LogP contribution in [0, 0.1) is 0 Å². The van der Waals surface area contributed by atoms with Crippen LogP contribution in [0.1, 0.15) is 0 Å². The van der Waals surface area contributed by atoms with Gasteiger partial charge in [0.2, 0.25) is 0 Å². The van der Waals surface area contributed by atoms with Crippen LogP contribution in [-0.4, -0.2) is 50.1 Å². The maximum absolute atomic E-state index is 3.78. The molecular weight excluding hydrogens is 524 g/mol. The molecule has 0 atom stereocenters. The van der Waals surface area contributed by atoms with Gasteiger partial charge < -0.3 is 0 Å². The lowest BCUT2D eigenvalue weighted by molar-refractivity contribution is 1.03. The fourth-order valence-corrected chi connectivity index (χ4v) is 2.02. The molecule has 0 aliphatic carbocycles. The van der Waals surface area contributed by atoms with Crippen LogP contribution in [0.5, 0.6) is 0 Å². The Balaban J connectivity index is 0.000000245. The Morgan fingerprint density at radius 3 is 0.524 bits per heavy atom. The Bertz CT molecular complexity index is 846. The zero-order valence-corrected chi connectivity index (χ0v) is 22.9. The van der Waals surface area contributed by atoms with Crippen LogP contribution in [0.25, 0.3) is 0 Å². The molecule has 7 rings (SSSR count). The fraction of sp³-hybridized carbons (Fsp3) is 0. The molecule has 0 aliphatic heterocycles. The summed E-state index contributed by atoms with van der Waals surface area (Å²) in [5.74, 6) is 0. The molecule has 6 heterocycles. The summed E-state index contributed by atoms with van der Waals surface area (Å²) in [7, 11) is 0. The van der Waals surface area contributed by atoms with Crippen LogP contribution < -0.4 is 0 Å². The maximum Gasteiger partial charge on any atom is 0.115 e. The van der Waals surface area contributed by atoms with Crippen molar-refractivity contribution < 1.29 is 0 Å². The van der Waals surface area contributed by atoms with E-state index in [1.807, 2.05) is 84.9 Å². The Morgan fingerprint density at radius 2 is 0.405 bits per heavy atom. The first-order chi connectivity index (χ1) is 21.0. The van der Waals surface area contributed by atoms with Gasteiger partial charge in [-0.05, 0) is 48.5 Å². The minimum Gasteiger partial charge on any atom is -0.265 e. The lowest BCUT2D eigenvalue weighted by atomic mass is 10.4. The first-order valence-electron chi connectivity index (χ1n) is 12.5. The summed E-state index contributed by atoms with van der Waals surface area (Å²) >= 11 is 0. The van der Waals surface area contributed by atoms with E-state index in [1.165, 1.54) is 12.7 Å². The van der Waals surface area contributed by atoms with Crippen LogP contribution in [0.15, 0.2) is 196 Å². The third-order valence-electron chi connectivity index (χ3n) is 3.72. The Labute approximate surface area is 246 Å². The lowest BCUT2D eigenvalue weighted by Crippen LogP contribution is -1.69. The van der Waals surface area contributed by atoms with E-state index in [1.54, 1.807) is 98.9 Å². The molecule has 0 unspecified atom stereocenters. The third-order valence-corrected chi connectivity index (χ3v) is 3.72. The number of hydrogen-bond donors (Lipinski definition) is 0. The molecule has 10 nitrogen and oxygen atoms in total. The van der Waals surface area contributed by atoms with Crippen molar-refractivity contribution in [3.05, 3.63) is 196 Å². The van der Waals surface area contributed by atoms with E-state index in [9.17, 15) is 0 Å². The van der Waals surface area contributed by atoms with Gasteiger partial charge in [0, 0.05) is 86.8 Å². The number of nitrogens with zero attached hydrogens (tertiary/aromatic N) is 10. The van der Waals surface area contributed by atoms with E-state index in [4.69, 9.17) is 0 Å². The second-order valence-electron chi connectivity index (χ2n) is 6.82. The van der Waals surface area contributed by atoms with Crippen molar-refractivity contribution in [2.75, 3.05) is 0 Å². The highest BCUT2D eigenvalue weighted by molar-refractivity contribution is 4.99. The molecule has 10 heteroatoms. The van der Waals surface area contributed by atoms with E-state index >= 15 is 0 Å². The normalized spacial score (nSPS) is 8.00. The average molecular weight is 557 g/mol. The van der Waals surface area contributed by atoms with Crippen LogP contribution in [0.3, 0.4) is 0 Å². The van der Waals surface area contributed by atoms with Crippen molar-refractivity contribution in [3.8, 4) is 0 Å². The van der Waals surface area contributed by atoms with E-state index in [-0.39, 0.29) is 0 Å². The molecule has 0 N–H and O–H groups in total. The molecule has 0 radical (unpaired) electrons. The predicted octanol–water partition coefficient (Wildman–Crippen LogP) is 5.76. The number of benzene rings is 1. The van der Waals surface area contributed by atoms with Gasteiger partial charge >= 0.3 is 0 Å². The molecule has 0 amide bonds. The summed E-state index contributed by atoms with van der Waals surface area (Å²) in [5.41, 5.74) is 0. The van der Waals surface area contributed by atoms with Gasteiger partial charge in [-0.2, -0.15) is 10.2 Å². The summed E-state index contributed by atoms with van der Waals surface area (Å²) in [4.78, 5) is 29.7. The van der Waals surface area contributed by atoms with E-state index in [2.05, 4.69) is 50.1 Å². The molecule has 0 saturated heterocycles. The molecule has 42 heavy (non-hydrogen) atoms. The van der Waals surface area contributed by atoms with E-state index in [0.717, 1.165) is 0 Å². The molecule has 0 spiro atoms. The fourth-order valence-electron chi connectivity index (χ4n) is 2.02. The number of hydrogen-bond acceptors (Lipinski definition) is 10. The Hall–Kier alpha value is -6.16. The average Bonchev–Trinajstić information content (AvgIpc) is 3.15. The molecule has 0 aliphatic rings. The van der Waals surface area contributed by atoms with Gasteiger partial charge in [-0.15, -0.1) is 0 Å². The van der Waals surface area contributed by atoms with Crippen molar-refractivity contribution in [3.63, 3.8) is 0 Å². The largest absolute Gasteiger partial charge is 0.265 e. The zero-order valence-electron chi connectivity index (χ0n) is 22.9. The second-order valence-corrected chi connectivity index (χ2v) is 6.82. The van der Waals surface area contributed by atoms with E-state index < -0.39 is 0 Å². The summed E-state index contributed by atoms with van der Waals surface area (Å²) in [6.45, 7) is 0. The topological polar surface area (TPSA) is 129 Å². The minimum atomic E-state index is 1.50. The number of rotatable bonds is 0. The molecule has 7 aromatic rings. The van der Waals surface area contributed by atoms with Crippen molar-refractivity contribution in [2.45, 2.75) is 0 Å². The van der Waals surface area contributed by atoms with Gasteiger partial charge in [-0.3, -0.25) is 19.9 Å². The minimum absolute atomic E-state index is 1.50. The van der Waals surface area contributed by atoms with Crippen LogP contribution >= 0.6 is 0 Å². The molecule has 6 aromatic heterocycles. The lowest BCUT2D eigenvalue weighted by Gasteiger charge is -1.70. The zero-order chi connectivity index (χ0) is 29.7. The molecule has 0 fully saturated rings. The highest BCUT2D eigenvalue weighted by Crippen LogP contribution is 1.80. The number of pyridine rings is 2. The van der Waals surface area contributed by atoms with Crippen molar-refractivity contribution >= 4 is 0 Å². The smallest absolute Gasteiger partial charge is 0.115 e. The summed E-state index contributed by atoms with van der Waals surface area (Å²) in [5, 5.41) is 7.07. The van der Waals surface area contributed by atoms with Crippen molar-refractivity contribution in [1.82, 2.24) is 50.1 Å². The number of aromatic nitrogens is 10. The van der Waals surface area contributed by atoms with Gasteiger partial charge in [-0.25, -0.2) is 19.9 Å². The molecule has 210 valence electrons. The first kappa shape index (κ1) is 33.9. The highest BCUT2D eigenvalue weighted by atomic mass is 15.1. The predicted molar refractivity (Wildman–Crippen MR) is 163 cm³/mol. The van der Waals surface area contributed by atoms with Crippen LogP contribution in [0.2, 0.25) is 0 Å². The van der Waals surface area contributed by atoms with Crippen LogP contribution in [-0.2, 0) is 0 Å². The molecule has 0 bridgehead atoms. The monoisotopic (exact) mass is 556 g/mol. The maximum atomic E-state index is 3.78. The van der Waals surface area contributed by atoms with Gasteiger partial charge in [-0.1, -0.05) is 48.5 Å². The van der Waals surface area contributed by atoms with Crippen molar-refractivity contribution in [1.29, 1.82) is 0 Å². The summed E-state index contributed by atoms with van der Waals surface area (Å²) < 4.78 is 0. The summed E-state index contributed by atoms with van der Waals surface area (Å²) in [6, 6.07) is 30.6. The second kappa shape index (κ2) is 31.1. The Kier molecular flexibility index (Phi) is 25.0. The highest BCUT2D eigenvalue weighted by Gasteiger charge is 1.62. The molecule has 0 saturated carbocycles. The molecular formula is C32H32N10. The standard InChI is InChI=1S/C6H6.2C5H5N.4C4H4N2/c3*1-2-4-6-5-3-1;1-2-6-4-3-5-1;2*1-2-5-4-6-3-1;1-2-4-6-5-3-1/h1-6H;2*1-5H;4*1-4H. The molecule has 1 aromatic carbocycles. The summed E-state index contributed by atoms with van der Waals surface area (Å²) in [6.07, 6.45) is 26.6. The van der Waals surface area contributed by atoms with Crippen LogP contribution in [0.4, 0.5) is 0 Å². The SMILES string of the molecule is c1ccccc1.c1ccncc1.c1ccncc1.c1ccnnc1.c1cnccn1.c1cncnc1.c1cncnc1. The van der Waals surface area contributed by atoms with Crippen molar-refractivity contribution in [2.24, 2.45) is 0 Å². The first-order valence-corrected chi connectivity index (χ1v) is 12.5.